The van der Waals surface area contributed by atoms with E-state index in [9.17, 15) is 14.9 Å². The molecule has 1 N–H and O–H groups in total. The molecule has 2 rings (SSSR count). The molecule has 114 valence electrons. The smallest absolute Gasteiger partial charge is 0.335 e. The molecule has 0 atom stereocenters. The van der Waals surface area contributed by atoms with Crippen molar-refractivity contribution in [3.63, 3.8) is 0 Å². The fraction of sp³-hybridized carbons (Fsp3) is 0.533. The zero-order valence-corrected chi connectivity index (χ0v) is 12.3. The molecule has 1 aromatic rings. The lowest BCUT2D eigenvalue weighted by atomic mass is 9.78. The number of nitro benzene ring substituents is 1. The molecule has 6 heteroatoms. The molecule has 0 radical (unpaired) electrons. The Bertz CT molecular complexity index is 563. The van der Waals surface area contributed by atoms with Crippen LogP contribution >= 0.6 is 0 Å². The second kappa shape index (κ2) is 5.71. The number of carboxylic acid groups (broad SMARTS) is 1. The molecule has 0 bridgehead atoms. The molecule has 0 aliphatic carbocycles. The highest BCUT2D eigenvalue weighted by molar-refractivity contribution is 5.90. The van der Waals surface area contributed by atoms with Gasteiger partial charge < -0.3 is 10.0 Å². The quantitative estimate of drug-likeness (QED) is 0.680. The monoisotopic (exact) mass is 292 g/mol. The van der Waals surface area contributed by atoms with Crippen molar-refractivity contribution >= 4 is 17.3 Å². The number of piperidine rings is 1. The molecule has 1 aliphatic heterocycles. The molecule has 1 aromatic carbocycles. The number of hydrogen-bond acceptors (Lipinski definition) is 4. The van der Waals surface area contributed by atoms with Gasteiger partial charge in [0, 0.05) is 19.2 Å². The van der Waals surface area contributed by atoms with E-state index in [0.29, 0.717) is 18.8 Å². The van der Waals surface area contributed by atoms with Gasteiger partial charge in [0.1, 0.15) is 5.69 Å². The van der Waals surface area contributed by atoms with Gasteiger partial charge in [-0.3, -0.25) is 10.1 Å². The lowest BCUT2D eigenvalue weighted by Crippen LogP contribution is -2.38. The van der Waals surface area contributed by atoms with Crippen molar-refractivity contribution in [2.75, 3.05) is 18.0 Å². The van der Waals surface area contributed by atoms with Crippen LogP contribution in [0.4, 0.5) is 11.4 Å². The fourth-order valence-electron chi connectivity index (χ4n) is 2.71. The Morgan fingerprint density at radius 1 is 1.43 bits per heavy atom. The molecule has 21 heavy (non-hydrogen) atoms. The van der Waals surface area contributed by atoms with Crippen molar-refractivity contribution in [3.8, 4) is 0 Å². The van der Waals surface area contributed by atoms with Gasteiger partial charge in [-0.05, 0) is 30.4 Å². The Morgan fingerprint density at radius 3 is 2.52 bits per heavy atom. The second-order valence-corrected chi connectivity index (χ2v) is 5.92. The van der Waals surface area contributed by atoms with Crippen LogP contribution in [0.25, 0.3) is 0 Å². The predicted molar refractivity (Wildman–Crippen MR) is 79.9 cm³/mol. The molecule has 0 amide bonds. The van der Waals surface area contributed by atoms with Gasteiger partial charge in [-0.15, -0.1) is 0 Å². The molecule has 1 aliphatic rings. The Morgan fingerprint density at radius 2 is 2.05 bits per heavy atom. The van der Waals surface area contributed by atoms with E-state index < -0.39 is 10.9 Å². The number of benzene rings is 1. The van der Waals surface area contributed by atoms with Crippen molar-refractivity contribution in [1.29, 1.82) is 0 Å². The van der Waals surface area contributed by atoms with Crippen LogP contribution in [-0.4, -0.2) is 29.1 Å². The molecular formula is C15H20N2O4. The Labute approximate surface area is 123 Å². The number of aromatic carboxylic acids is 1. The lowest BCUT2D eigenvalue weighted by Gasteiger charge is -2.39. The summed E-state index contributed by atoms with van der Waals surface area (Å²) in [4.78, 5) is 23.7. The summed E-state index contributed by atoms with van der Waals surface area (Å²) in [5.41, 5.74) is 0.743. The van der Waals surface area contributed by atoms with Crippen molar-refractivity contribution in [2.24, 2.45) is 5.41 Å². The van der Waals surface area contributed by atoms with Crippen molar-refractivity contribution < 1.29 is 14.8 Å². The Hall–Kier alpha value is -2.11. The van der Waals surface area contributed by atoms with E-state index in [4.69, 9.17) is 5.11 Å². The maximum atomic E-state index is 11.2. The third-order valence-corrected chi connectivity index (χ3v) is 4.58. The van der Waals surface area contributed by atoms with Crippen LogP contribution in [0.2, 0.25) is 0 Å². The summed E-state index contributed by atoms with van der Waals surface area (Å²) in [5.74, 6) is -1.07. The van der Waals surface area contributed by atoms with Gasteiger partial charge in [-0.1, -0.05) is 20.3 Å². The van der Waals surface area contributed by atoms with E-state index in [2.05, 4.69) is 13.8 Å². The lowest BCUT2D eigenvalue weighted by molar-refractivity contribution is -0.384. The molecule has 6 nitrogen and oxygen atoms in total. The van der Waals surface area contributed by atoms with E-state index in [0.717, 1.165) is 19.3 Å². The van der Waals surface area contributed by atoms with Gasteiger partial charge in [0.05, 0.1) is 10.5 Å². The highest BCUT2D eigenvalue weighted by atomic mass is 16.6. The van der Waals surface area contributed by atoms with Gasteiger partial charge >= 0.3 is 5.97 Å². The first kappa shape index (κ1) is 15.3. The van der Waals surface area contributed by atoms with Gasteiger partial charge in [-0.2, -0.15) is 0 Å². The topological polar surface area (TPSA) is 83.7 Å². The van der Waals surface area contributed by atoms with Gasteiger partial charge in [0.25, 0.3) is 5.69 Å². The molecule has 0 aromatic heterocycles. The molecule has 1 fully saturated rings. The second-order valence-electron chi connectivity index (χ2n) is 5.92. The zero-order valence-electron chi connectivity index (χ0n) is 12.3. The highest BCUT2D eigenvalue weighted by Crippen LogP contribution is 2.38. The minimum atomic E-state index is -1.07. The van der Waals surface area contributed by atoms with E-state index in [1.165, 1.54) is 18.2 Å². The van der Waals surface area contributed by atoms with Gasteiger partial charge in [0.2, 0.25) is 0 Å². The van der Waals surface area contributed by atoms with E-state index in [-0.39, 0.29) is 16.7 Å². The molecule has 1 saturated heterocycles. The van der Waals surface area contributed by atoms with Gasteiger partial charge in [0.15, 0.2) is 0 Å². The predicted octanol–water partition coefficient (Wildman–Crippen LogP) is 3.31. The van der Waals surface area contributed by atoms with Crippen LogP contribution in [-0.2, 0) is 0 Å². The maximum absolute atomic E-state index is 11.2. The first-order valence-electron chi connectivity index (χ1n) is 7.13. The van der Waals surface area contributed by atoms with Crippen LogP contribution in [0.5, 0.6) is 0 Å². The SMILES string of the molecule is CCC1(C)CCN(c2cc(C(=O)O)ccc2[N+](=O)[O-])CC1. The summed E-state index contributed by atoms with van der Waals surface area (Å²) in [7, 11) is 0. The van der Waals surface area contributed by atoms with E-state index >= 15 is 0 Å². The van der Waals surface area contributed by atoms with Crippen LogP contribution in [0.15, 0.2) is 18.2 Å². The summed E-state index contributed by atoms with van der Waals surface area (Å²) >= 11 is 0. The fourth-order valence-corrected chi connectivity index (χ4v) is 2.71. The van der Waals surface area contributed by atoms with Crippen molar-refractivity contribution in [1.82, 2.24) is 0 Å². The number of hydrogen-bond donors (Lipinski definition) is 1. The van der Waals surface area contributed by atoms with Crippen LogP contribution in [0.1, 0.15) is 43.5 Å². The number of nitrogens with zero attached hydrogens (tertiary/aromatic N) is 2. The minimum absolute atomic E-state index is 0.0277. The van der Waals surface area contributed by atoms with Crippen molar-refractivity contribution in [2.45, 2.75) is 33.1 Å². The zero-order chi connectivity index (χ0) is 15.6. The Balaban J connectivity index is 2.32. The number of rotatable bonds is 4. The first-order chi connectivity index (χ1) is 9.86. The number of anilines is 1. The average Bonchev–Trinajstić information content (AvgIpc) is 2.47. The largest absolute Gasteiger partial charge is 0.478 e. The summed E-state index contributed by atoms with van der Waals surface area (Å²) < 4.78 is 0. The minimum Gasteiger partial charge on any atom is -0.478 e. The molecule has 0 unspecified atom stereocenters. The number of nitro groups is 1. The van der Waals surface area contributed by atoms with E-state index in [1.807, 2.05) is 4.90 Å². The Kier molecular flexibility index (Phi) is 4.16. The number of carboxylic acids is 1. The highest BCUT2D eigenvalue weighted by Gasteiger charge is 2.31. The third kappa shape index (κ3) is 3.15. The van der Waals surface area contributed by atoms with Crippen LogP contribution < -0.4 is 4.90 Å². The van der Waals surface area contributed by atoms with Crippen LogP contribution in [0, 0.1) is 15.5 Å². The average molecular weight is 292 g/mol. The van der Waals surface area contributed by atoms with Gasteiger partial charge in [-0.25, -0.2) is 4.79 Å². The summed E-state index contributed by atoms with van der Waals surface area (Å²) in [5, 5.41) is 20.2. The molecule has 0 saturated carbocycles. The normalized spacial score (nSPS) is 17.5. The first-order valence-corrected chi connectivity index (χ1v) is 7.13. The summed E-state index contributed by atoms with van der Waals surface area (Å²) in [6, 6.07) is 3.98. The molecular weight excluding hydrogens is 272 g/mol. The van der Waals surface area contributed by atoms with E-state index in [1.54, 1.807) is 0 Å². The summed E-state index contributed by atoms with van der Waals surface area (Å²) in [6.45, 7) is 5.82. The molecule has 0 spiro atoms. The standard InChI is InChI=1S/C15H20N2O4/c1-3-15(2)6-8-16(9-7-15)13-10-11(14(18)19)4-5-12(13)17(20)21/h4-5,10H,3,6-9H2,1-2H3,(H,18,19). The maximum Gasteiger partial charge on any atom is 0.335 e. The summed E-state index contributed by atoms with van der Waals surface area (Å²) in [6.07, 6.45) is 2.99. The molecule has 1 heterocycles. The third-order valence-electron chi connectivity index (χ3n) is 4.58. The van der Waals surface area contributed by atoms with Crippen LogP contribution in [0.3, 0.4) is 0 Å². The van der Waals surface area contributed by atoms with Crippen molar-refractivity contribution in [3.05, 3.63) is 33.9 Å². The number of carbonyl (C=O) groups is 1.